The van der Waals surface area contributed by atoms with Crippen molar-refractivity contribution in [2.24, 2.45) is 5.41 Å². The Labute approximate surface area is 209 Å². The van der Waals surface area contributed by atoms with Gasteiger partial charge in [0.2, 0.25) is 0 Å². The van der Waals surface area contributed by atoms with Crippen LogP contribution in [0.15, 0.2) is 42.7 Å². The lowest BCUT2D eigenvalue weighted by Gasteiger charge is -2.37. The molecule has 1 saturated carbocycles. The number of H-pyrrole nitrogens is 1. The first-order chi connectivity index (χ1) is 17.0. The van der Waals surface area contributed by atoms with E-state index in [-0.39, 0.29) is 17.2 Å². The minimum Gasteiger partial charge on any atom is -0.384 e. The second-order valence-corrected chi connectivity index (χ2v) is 11.2. The average Bonchev–Trinajstić information content (AvgIpc) is 3.48. The fourth-order valence-corrected chi connectivity index (χ4v) is 6.44. The number of aromatic nitrogens is 6. The number of nitrogens with one attached hydrogen (secondary N) is 1. The van der Waals surface area contributed by atoms with E-state index in [0.29, 0.717) is 28.3 Å². The van der Waals surface area contributed by atoms with Gasteiger partial charge in [-0.3, -0.25) is 10.1 Å². The maximum Gasteiger partial charge on any atom is 0.132 e. The van der Waals surface area contributed by atoms with Crippen LogP contribution in [0.4, 0.5) is 4.39 Å². The maximum atomic E-state index is 14.7. The molecule has 8 heteroatoms. The summed E-state index contributed by atoms with van der Waals surface area (Å²) in [5, 5.41) is 26.8. The van der Waals surface area contributed by atoms with Gasteiger partial charge in [0, 0.05) is 11.8 Å². The molecule has 0 saturated heterocycles. The van der Waals surface area contributed by atoms with Crippen molar-refractivity contribution in [3.8, 4) is 22.6 Å². The number of benzene rings is 1. The number of fused-ring (bicyclic) bond motifs is 5. The molecule has 2 N–H and O–H groups in total. The van der Waals surface area contributed by atoms with Crippen LogP contribution in [-0.2, 0) is 11.0 Å². The molecule has 1 aromatic carbocycles. The van der Waals surface area contributed by atoms with E-state index in [2.05, 4.69) is 34.1 Å². The summed E-state index contributed by atoms with van der Waals surface area (Å²) < 4.78 is 14.7. The van der Waals surface area contributed by atoms with E-state index in [9.17, 15) is 9.50 Å². The minimum absolute atomic E-state index is 0.174. The van der Waals surface area contributed by atoms with E-state index in [0.717, 1.165) is 35.4 Å². The zero-order valence-corrected chi connectivity index (χ0v) is 21.1. The quantitative estimate of drug-likeness (QED) is 0.413. The molecule has 0 spiro atoms. The predicted octanol–water partition coefficient (Wildman–Crippen LogP) is 5.20. The Hall–Kier alpha value is -3.52. The molecule has 0 amide bonds. The summed E-state index contributed by atoms with van der Waals surface area (Å²) in [6.07, 6.45) is 5.40. The molecule has 1 fully saturated rings. The highest BCUT2D eigenvalue weighted by atomic mass is 19.1. The molecule has 3 heterocycles. The Bertz CT molecular complexity index is 1480. The molecular formula is C28H29FN6O. The van der Waals surface area contributed by atoms with Crippen molar-refractivity contribution in [1.82, 2.24) is 30.4 Å². The number of rotatable bonds is 4. The van der Waals surface area contributed by atoms with Crippen molar-refractivity contribution in [2.75, 3.05) is 0 Å². The van der Waals surface area contributed by atoms with E-state index in [1.54, 1.807) is 32.2 Å². The number of nitrogens with zero attached hydrogens (tertiary/aromatic N) is 5. The third-order valence-electron chi connectivity index (χ3n) is 8.41. The third kappa shape index (κ3) is 3.03. The van der Waals surface area contributed by atoms with Crippen LogP contribution in [0.3, 0.4) is 0 Å². The van der Waals surface area contributed by atoms with Gasteiger partial charge in [-0.15, -0.1) is 0 Å². The molecule has 6 rings (SSSR count). The number of aliphatic hydroxyl groups is 1. The number of halogens is 1. The highest BCUT2D eigenvalue weighted by Gasteiger charge is 2.65. The van der Waals surface area contributed by atoms with E-state index in [4.69, 9.17) is 10.1 Å². The van der Waals surface area contributed by atoms with Gasteiger partial charge >= 0.3 is 0 Å². The lowest BCUT2D eigenvalue weighted by Crippen LogP contribution is -2.38. The molecule has 2 bridgehead atoms. The zero-order chi connectivity index (χ0) is 25.5. The lowest BCUT2D eigenvalue weighted by molar-refractivity contribution is 0.0738. The monoisotopic (exact) mass is 484 g/mol. The van der Waals surface area contributed by atoms with Gasteiger partial charge in [0.15, 0.2) is 0 Å². The molecule has 3 aromatic heterocycles. The Morgan fingerprint density at radius 2 is 1.92 bits per heavy atom. The summed E-state index contributed by atoms with van der Waals surface area (Å²) in [6, 6.07) is 8.91. The number of aromatic amines is 1. The van der Waals surface area contributed by atoms with Gasteiger partial charge < -0.3 is 5.11 Å². The van der Waals surface area contributed by atoms with Crippen molar-refractivity contribution in [3.63, 3.8) is 0 Å². The van der Waals surface area contributed by atoms with Gasteiger partial charge in [0.05, 0.1) is 40.1 Å². The lowest BCUT2D eigenvalue weighted by atomic mass is 9.66. The summed E-state index contributed by atoms with van der Waals surface area (Å²) >= 11 is 0. The largest absolute Gasteiger partial charge is 0.384 e. The summed E-state index contributed by atoms with van der Waals surface area (Å²) in [5.74, 6) is -0.0295. The molecule has 0 unspecified atom stereocenters. The van der Waals surface area contributed by atoms with Crippen LogP contribution >= 0.6 is 0 Å². The Morgan fingerprint density at radius 3 is 2.64 bits per heavy atom. The van der Waals surface area contributed by atoms with Crippen LogP contribution in [-0.4, -0.2) is 35.5 Å². The Kier molecular flexibility index (Phi) is 4.77. The summed E-state index contributed by atoms with van der Waals surface area (Å²) in [5.41, 5.74) is 4.99. The molecule has 2 aliphatic carbocycles. The second-order valence-electron chi connectivity index (χ2n) is 11.2. The topological polar surface area (TPSA) is 100 Å². The van der Waals surface area contributed by atoms with Crippen LogP contribution < -0.4 is 0 Å². The summed E-state index contributed by atoms with van der Waals surface area (Å²) in [4.78, 5) is 9.60. The highest BCUT2D eigenvalue weighted by Crippen LogP contribution is 2.69. The number of aryl methyl sites for hydroxylation is 1. The van der Waals surface area contributed by atoms with Gasteiger partial charge in [0.25, 0.3) is 0 Å². The van der Waals surface area contributed by atoms with Crippen molar-refractivity contribution < 1.29 is 9.50 Å². The normalized spacial score (nSPS) is 22.1. The smallest absolute Gasteiger partial charge is 0.132 e. The molecule has 184 valence electrons. The molecule has 36 heavy (non-hydrogen) atoms. The highest BCUT2D eigenvalue weighted by molar-refractivity contribution is 5.66. The van der Waals surface area contributed by atoms with Gasteiger partial charge in [-0.2, -0.15) is 15.3 Å². The first kappa shape index (κ1) is 22.9. The van der Waals surface area contributed by atoms with E-state index in [1.165, 1.54) is 6.07 Å². The molecule has 2 atom stereocenters. The first-order valence-corrected chi connectivity index (χ1v) is 12.3. The fraction of sp³-hybridized carbons (Fsp3) is 0.393. The van der Waals surface area contributed by atoms with Crippen molar-refractivity contribution in [3.05, 3.63) is 76.8 Å². The molecule has 4 aromatic rings. The molecule has 0 aliphatic heterocycles. The maximum absolute atomic E-state index is 14.7. The van der Waals surface area contributed by atoms with Crippen molar-refractivity contribution in [2.45, 2.75) is 64.4 Å². The minimum atomic E-state index is -1.06. The molecule has 7 nitrogen and oxygen atoms in total. The van der Waals surface area contributed by atoms with Crippen molar-refractivity contribution in [1.29, 1.82) is 0 Å². The SMILES string of the molecule is Cc1cccc(F)c1-c1cc2c(nn1)[C@@]1(c3cncc(-c4cc(C(C)(C)O)n[nH]4)n3)CC[C@@H]2C1(C)C. The second kappa shape index (κ2) is 7.49. The van der Waals surface area contributed by atoms with Gasteiger partial charge in [-0.25, -0.2) is 9.37 Å². The zero-order valence-electron chi connectivity index (χ0n) is 21.1. The summed E-state index contributed by atoms with van der Waals surface area (Å²) in [7, 11) is 0. The Balaban J connectivity index is 1.48. The van der Waals surface area contributed by atoms with Crippen LogP contribution in [0.2, 0.25) is 0 Å². The van der Waals surface area contributed by atoms with E-state index >= 15 is 0 Å². The Morgan fingerprint density at radius 1 is 1.11 bits per heavy atom. The fourth-order valence-electron chi connectivity index (χ4n) is 6.44. The third-order valence-corrected chi connectivity index (χ3v) is 8.41. The van der Waals surface area contributed by atoms with E-state index in [1.807, 2.05) is 25.3 Å². The van der Waals surface area contributed by atoms with Crippen LogP contribution in [0, 0.1) is 18.2 Å². The standard InChI is InChI=1S/C28H29FN6O/c1-15-7-6-8-18(29)24(15)20-11-16-17-9-10-28(26(17,2)3,25(16)35-33-20)23-14-30-13-21(31-23)19-12-22(34-32-19)27(4,5)36/h6-8,11-14,17,36H,9-10H2,1-5H3,(H,32,34)/t17-,28-/m0/s1. The molecule has 2 aliphatic rings. The predicted molar refractivity (Wildman–Crippen MR) is 134 cm³/mol. The molecule has 0 radical (unpaired) electrons. The summed E-state index contributed by atoms with van der Waals surface area (Å²) in [6.45, 7) is 9.81. The van der Waals surface area contributed by atoms with E-state index < -0.39 is 11.0 Å². The number of hydrogen-bond donors (Lipinski definition) is 2. The average molecular weight is 485 g/mol. The van der Waals surface area contributed by atoms with Gasteiger partial charge in [-0.1, -0.05) is 26.0 Å². The molecular weight excluding hydrogens is 455 g/mol. The number of hydrogen-bond acceptors (Lipinski definition) is 6. The van der Waals surface area contributed by atoms with Gasteiger partial charge in [-0.05, 0) is 74.3 Å². The van der Waals surface area contributed by atoms with Crippen LogP contribution in [0.5, 0.6) is 0 Å². The van der Waals surface area contributed by atoms with Crippen LogP contribution in [0.25, 0.3) is 22.6 Å². The van der Waals surface area contributed by atoms with Gasteiger partial charge in [0.1, 0.15) is 17.1 Å². The van der Waals surface area contributed by atoms with Crippen molar-refractivity contribution >= 4 is 0 Å². The van der Waals surface area contributed by atoms with Crippen LogP contribution in [0.1, 0.15) is 74.7 Å². The first-order valence-electron chi connectivity index (χ1n) is 12.3.